The predicted molar refractivity (Wildman–Crippen MR) is 97.4 cm³/mol. The Labute approximate surface area is 169 Å². The number of halogens is 5. The fourth-order valence-corrected chi connectivity index (χ4v) is 3.14. The fourth-order valence-electron chi connectivity index (χ4n) is 2.17. The number of benzene rings is 1. The Balaban J connectivity index is 2.69. The van der Waals surface area contributed by atoms with Gasteiger partial charge in [-0.2, -0.15) is 5.10 Å². The van der Waals surface area contributed by atoms with Gasteiger partial charge in [0, 0.05) is 0 Å². The van der Waals surface area contributed by atoms with Crippen molar-refractivity contribution in [2.75, 3.05) is 0 Å². The first kappa shape index (κ1) is 23.2. The highest BCUT2D eigenvalue weighted by molar-refractivity contribution is 7.99. The quantitative estimate of drug-likeness (QED) is 0.266. The number of aryl methyl sites for hydroxylation is 1. The molecule has 1 aromatic carbocycles. The van der Waals surface area contributed by atoms with Crippen molar-refractivity contribution in [2.45, 2.75) is 63.8 Å². The zero-order chi connectivity index (χ0) is 22.5. The number of aromatic nitrogens is 2. The Morgan fingerprint density at radius 3 is 1.72 bits per heavy atom. The molecule has 160 valence electrons. The van der Waals surface area contributed by atoms with Crippen molar-refractivity contribution in [1.29, 1.82) is 0 Å². The first-order valence-corrected chi connectivity index (χ1v) is 9.40. The molecule has 0 bridgehead atoms. The van der Waals surface area contributed by atoms with Crippen LogP contribution in [0.15, 0.2) is 9.79 Å². The van der Waals surface area contributed by atoms with Gasteiger partial charge in [0.1, 0.15) is 0 Å². The van der Waals surface area contributed by atoms with Gasteiger partial charge in [0.15, 0.2) is 23.3 Å². The van der Waals surface area contributed by atoms with E-state index in [1.165, 1.54) is 11.6 Å². The highest BCUT2D eigenvalue weighted by atomic mass is 32.2. The van der Waals surface area contributed by atoms with Crippen LogP contribution in [0.2, 0.25) is 0 Å². The van der Waals surface area contributed by atoms with Crippen molar-refractivity contribution in [3.8, 4) is 5.88 Å². The molecule has 0 fully saturated rings. The number of rotatable bonds is 3. The monoisotopic (exact) mass is 436 g/mol. The van der Waals surface area contributed by atoms with Gasteiger partial charge in [0.25, 0.3) is 0 Å². The van der Waals surface area contributed by atoms with Gasteiger partial charge in [-0.05, 0) is 48.5 Å². The molecule has 0 saturated heterocycles. The maximum atomic E-state index is 14.2. The lowest BCUT2D eigenvalue weighted by Gasteiger charge is -2.24. The van der Waals surface area contributed by atoms with E-state index in [0.717, 1.165) is 0 Å². The largest absolute Gasteiger partial charge is 0.406 e. The third-order valence-electron chi connectivity index (χ3n) is 3.78. The minimum atomic E-state index is -2.24. The van der Waals surface area contributed by atoms with E-state index in [0.29, 0.717) is 0 Å². The summed E-state index contributed by atoms with van der Waals surface area (Å²) in [5.74, 6) is -11.1. The lowest BCUT2D eigenvalue weighted by atomic mass is 9.97. The van der Waals surface area contributed by atoms with Crippen molar-refractivity contribution in [2.24, 2.45) is 5.41 Å². The van der Waals surface area contributed by atoms with E-state index in [1.807, 2.05) is 0 Å². The molecule has 2 aromatic rings. The first-order chi connectivity index (χ1) is 13.1. The Kier molecular flexibility index (Phi) is 6.09. The van der Waals surface area contributed by atoms with E-state index in [1.54, 1.807) is 41.5 Å². The Bertz CT molecular complexity index is 946. The molecule has 1 heterocycles. The van der Waals surface area contributed by atoms with Crippen molar-refractivity contribution < 1.29 is 31.5 Å². The normalized spacial score (nSPS) is 12.4. The van der Waals surface area contributed by atoms with Crippen molar-refractivity contribution in [3.63, 3.8) is 0 Å². The molecule has 0 atom stereocenters. The van der Waals surface area contributed by atoms with Gasteiger partial charge in [-0.1, -0.05) is 11.8 Å². The van der Waals surface area contributed by atoms with Gasteiger partial charge in [-0.15, -0.1) is 0 Å². The third kappa shape index (κ3) is 4.41. The molecule has 4 nitrogen and oxygen atoms in total. The van der Waals surface area contributed by atoms with Gasteiger partial charge in [-0.3, -0.25) is 4.79 Å². The standard InChI is InChI=1S/C19H21F5N2O2S/c1-8-14(29-15-12(23)10(21)9(20)11(22)13(15)24)16(26(25-8)19(5,6)7)28-17(27)18(2,3)4/h1-7H3. The number of carbonyl (C=O) groups is 1. The molecule has 0 aliphatic heterocycles. The summed E-state index contributed by atoms with van der Waals surface area (Å²) in [7, 11) is 0. The molecule has 0 amide bonds. The molecule has 0 saturated carbocycles. The van der Waals surface area contributed by atoms with Crippen LogP contribution in [0.4, 0.5) is 22.0 Å². The second-order valence-corrected chi connectivity index (χ2v) is 9.46. The van der Waals surface area contributed by atoms with Gasteiger partial charge < -0.3 is 4.74 Å². The van der Waals surface area contributed by atoms with E-state index in [4.69, 9.17) is 4.74 Å². The van der Waals surface area contributed by atoms with Crippen LogP contribution >= 0.6 is 11.8 Å². The number of hydrogen-bond donors (Lipinski definition) is 0. The molecule has 0 unspecified atom stereocenters. The molecular weight excluding hydrogens is 415 g/mol. The van der Waals surface area contributed by atoms with E-state index >= 15 is 0 Å². The number of esters is 1. The lowest BCUT2D eigenvalue weighted by Crippen LogP contribution is -2.30. The van der Waals surface area contributed by atoms with E-state index in [2.05, 4.69) is 5.10 Å². The summed E-state index contributed by atoms with van der Waals surface area (Å²) in [6.07, 6.45) is 0. The SMILES string of the molecule is Cc1nn(C(C)(C)C)c(OC(=O)C(C)(C)C)c1Sc1c(F)c(F)c(F)c(F)c1F. The summed E-state index contributed by atoms with van der Waals surface area (Å²) in [5, 5.41) is 4.25. The summed E-state index contributed by atoms with van der Waals surface area (Å²) in [4.78, 5) is 11.3. The second-order valence-electron chi connectivity index (χ2n) is 8.44. The van der Waals surface area contributed by atoms with E-state index < -0.39 is 50.9 Å². The molecule has 0 aliphatic carbocycles. The summed E-state index contributed by atoms with van der Waals surface area (Å²) in [6.45, 7) is 11.6. The van der Waals surface area contributed by atoms with Crippen LogP contribution in [0.25, 0.3) is 0 Å². The lowest BCUT2D eigenvalue weighted by molar-refractivity contribution is -0.143. The van der Waals surface area contributed by atoms with Crippen LogP contribution in [0.1, 0.15) is 47.2 Å². The molecule has 10 heteroatoms. The van der Waals surface area contributed by atoms with Crippen LogP contribution in [0.3, 0.4) is 0 Å². The zero-order valence-electron chi connectivity index (χ0n) is 17.0. The van der Waals surface area contributed by atoms with Gasteiger partial charge in [0.05, 0.1) is 26.4 Å². The first-order valence-electron chi connectivity index (χ1n) is 8.59. The minimum Gasteiger partial charge on any atom is -0.406 e. The zero-order valence-corrected chi connectivity index (χ0v) is 17.8. The van der Waals surface area contributed by atoms with Gasteiger partial charge in [0.2, 0.25) is 11.7 Å². The third-order valence-corrected chi connectivity index (χ3v) is 5.01. The van der Waals surface area contributed by atoms with E-state index in [9.17, 15) is 26.7 Å². The Morgan fingerprint density at radius 2 is 1.31 bits per heavy atom. The Hall–Kier alpha value is -2.10. The Morgan fingerprint density at radius 1 is 0.862 bits per heavy atom. The van der Waals surface area contributed by atoms with Crippen molar-refractivity contribution in [3.05, 3.63) is 34.8 Å². The number of ether oxygens (including phenoxy) is 1. The second kappa shape index (κ2) is 7.62. The number of carbonyl (C=O) groups excluding carboxylic acids is 1. The van der Waals surface area contributed by atoms with Crippen LogP contribution in [0, 0.1) is 41.4 Å². The van der Waals surface area contributed by atoms with Crippen molar-refractivity contribution in [1.82, 2.24) is 9.78 Å². The molecule has 0 spiro atoms. The highest BCUT2D eigenvalue weighted by Crippen LogP contribution is 2.43. The predicted octanol–water partition coefficient (Wildman–Crippen LogP) is 5.74. The summed E-state index contributed by atoms with van der Waals surface area (Å²) in [5.41, 5.74) is -1.41. The summed E-state index contributed by atoms with van der Waals surface area (Å²) < 4.78 is 75.6. The molecular formula is C19H21F5N2O2S. The molecule has 0 N–H and O–H groups in total. The fraction of sp³-hybridized carbons (Fsp3) is 0.474. The average molecular weight is 436 g/mol. The van der Waals surface area contributed by atoms with Crippen LogP contribution in [0.5, 0.6) is 5.88 Å². The average Bonchev–Trinajstić information content (AvgIpc) is 2.90. The van der Waals surface area contributed by atoms with Crippen LogP contribution < -0.4 is 4.74 Å². The topological polar surface area (TPSA) is 44.1 Å². The smallest absolute Gasteiger partial charge is 0.317 e. The number of hydrogen-bond acceptors (Lipinski definition) is 4. The van der Waals surface area contributed by atoms with Gasteiger partial charge >= 0.3 is 5.97 Å². The summed E-state index contributed by atoms with van der Waals surface area (Å²) >= 11 is 0.263. The minimum absolute atomic E-state index is 0.0271. The molecule has 29 heavy (non-hydrogen) atoms. The molecule has 0 radical (unpaired) electrons. The number of nitrogens with zero attached hydrogens (tertiary/aromatic N) is 2. The maximum Gasteiger partial charge on any atom is 0.317 e. The molecule has 0 aliphatic rings. The highest BCUT2D eigenvalue weighted by Gasteiger charge is 2.33. The van der Waals surface area contributed by atoms with Crippen LogP contribution in [-0.2, 0) is 10.3 Å². The van der Waals surface area contributed by atoms with Gasteiger partial charge in [-0.25, -0.2) is 26.6 Å². The summed E-state index contributed by atoms with van der Waals surface area (Å²) in [6, 6.07) is 0. The van der Waals surface area contributed by atoms with E-state index in [-0.39, 0.29) is 28.2 Å². The van der Waals surface area contributed by atoms with Crippen molar-refractivity contribution >= 4 is 17.7 Å². The van der Waals surface area contributed by atoms with Crippen LogP contribution in [-0.4, -0.2) is 15.7 Å². The maximum absolute atomic E-state index is 14.2. The molecule has 2 rings (SSSR count). The molecule has 1 aromatic heterocycles.